The SMILES string of the molecule is CCSNC1C(Cc2cccc(-c3cccc(C(F)P)c3)c2F)N(C)CC1(F)F.O=CC1CCO1. The fraction of sp³-hybridized carbons (Fsp3) is 0.480. The monoisotopic (exact) mass is 530 g/mol. The van der Waals surface area contributed by atoms with Gasteiger partial charge < -0.3 is 9.53 Å². The molecule has 192 valence electrons. The van der Waals surface area contributed by atoms with E-state index in [-0.39, 0.29) is 19.1 Å². The van der Waals surface area contributed by atoms with Gasteiger partial charge in [0.25, 0.3) is 5.92 Å². The predicted octanol–water partition coefficient (Wildman–Crippen LogP) is 5.43. The van der Waals surface area contributed by atoms with Crippen molar-refractivity contribution < 1.29 is 27.1 Å². The second kappa shape index (κ2) is 12.6. The topological polar surface area (TPSA) is 41.6 Å². The number of nitrogens with zero attached hydrogens (tertiary/aromatic N) is 1. The standard InChI is InChI=1S/C21H25F4N2PS.C4H6O2/c1-3-29-26-19-17(27(2)12-21(19,24)25)11-14-7-5-9-16(18(14)22)13-6-4-8-15(10-13)20(23)28;5-3-4-1-2-6-4/h4-10,17,19-20,26H,3,11-12,28H2,1-2H3;3-4H,1-2H2. The van der Waals surface area contributed by atoms with Gasteiger partial charge >= 0.3 is 0 Å². The van der Waals surface area contributed by atoms with Gasteiger partial charge in [0.05, 0.1) is 19.2 Å². The molecule has 10 heteroatoms. The molecule has 2 aliphatic rings. The number of carbonyl (C=O) groups is 1. The summed E-state index contributed by atoms with van der Waals surface area (Å²) in [7, 11) is 3.72. The minimum atomic E-state index is -2.89. The van der Waals surface area contributed by atoms with Crippen molar-refractivity contribution in [2.75, 3.05) is 26.0 Å². The van der Waals surface area contributed by atoms with Gasteiger partial charge in [-0.05, 0) is 36.2 Å². The van der Waals surface area contributed by atoms with Gasteiger partial charge in [0, 0.05) is 23.8 Å². The van der Waals surface area contributed by atoms with E-state index in [2.05, 4.69) is 14.0 Å². The summed E-state index contributed by atoms with van der Waals surface area (Å²) in [6.07, 6.45) is 1.85. The average molecular weight is 531 g/mol. The van der Waals surface area contributed by atoms with Gasteiger partial charge in [-0.3, -0.25) is 9.62 Å². The number of halogens is 4. The first kappa shape index (κ1) is 28.1. The van der Waals surface area contributed by atoms with Crippen LogP contribution in [0, 0.1) is 5.82 Å². The fourth-order valence-corrected chi connectivity index (χ4v) is 5.00. The zero-order chi connectivity index (χ0) is 25.6. The van der Waals surface area contributed by atoms with E-state index in [1.54, 1.807) is 54.4 Å². The number of ether oxygens (including phenoxy) is 1. The molecule has 5 unspecified atom stereocenters. The van der Waals surface area contributed by atoms with E-state index in [0.29, 0.717) is 28.0 Å². The molecule has 2 aromatic rings. The smallest absolute Gasteiger partial charge is 0.277 e. The van der Waals surface area contributed by atoms with Crippen molar-refractivity contribution in [1.29, 1.82) is 0 Å². The second-order valence-electron chi connectivity index (χ2n) is 8.62. The number of hydrogen-bond acceptors (Lipinski definition) is 5. The molecule has 0 bridgehead atoms. The highest BCUT2D eigenvalue weighted by Crippen LogP contribution is 2.36. The first-order valence-corrected chi connectivity index (χ1v) is 13.1. The maximum absolute atomic E-state index is 15.3. The average Bonchev–Trinajstić information content (AvgIpc) is 3.00. The van der Waals surface area contributed by atoms with Gasteiger partial charge in [-0.25, -0.2) is 17.6 Å². The summed E-state index contributed by atoms with van der Waals surface area (Å²) in [6.45, 7) is 2.29. The molecule has 2 aromatic carbocycles. The largest absolute Gasteiger partial charge is 0.371 e. The summed E-state index contributed by atoms with van der Waals surface area (Å²) >= 11 is 1.24. The molecule has 2 fully saturated rings. The minimum absolute atomic E-state index is 0.0648. The van der Waals surface area contributed by atoms with E-state index in [1.165, 1.54) is 11.9 Å². The lowest BCUT2D eigenvalue weighted by atomic mass is 9.95. The molecule has 0 aromatic heterocycles. The molecule has 2 aliphatic heterocycles. The Morgan fingerprint density at radius 2 is 2.03 bits per heavy atom. The first-order chi connectivity index (χ1) is 16.7. The number of benzene rings is 2. The van der Waals surface area contributed by atoms with Gasteiger partial charge in [-0.2, -0.15) is 0 Å². The maximum atomic E-state index is 15.3. The van der Waals surface area contributed by atoms with Crippen LogP contribution in [0.25, 0.3) is 11.1 Å². The van der Waals surface area contributed by atoms with Crippen molar-refractivity contribution in [3.05, 3.63) is 59.4 Å². The van der Waals surface area contributed by atoms with Gasteiger partial charge in [0.1, 0.15) is 24.1 Å². The highest BCUT2D eigenvalue weighted by Gasteiger charge is 2.53. The van der Waals surface area contributed by atoms with Crippen molar-refractivity contribution in [3.8, 4) is 11.1 Å². The Balaban J connectivity index is 0.000000497. The summed E-state index contributed by atoms with van der Waals surface area (Å²) in [6, 6.07) is 10.0. The summed E-state index contributed by atoms with van der Waals surface area (Å²) in [5, 5.41) is 0. The number of alkyl halides is 3. The minimum Gasteiger partial charge on any atom is -0.371 e. The second-order valence-corrected chi connectivity index (χ2v) is 10.3. The molecule has 1 N–H and O–H groups in total. The zero-order valence-corrected chi connectivity index (χ0v) is 21.7. The number of hydrogen-bond donors (Lipinski definition) is 1. The highest BCUT2D eigenvalue weighted by molar-refractivity contribution is 7.97. The van der Waals surface area contributed by atoms with E-state index < -0.39 is 29.7 Å². The normalized spacial score (nSPS) is 24.3. The third kappa shape index (κ3) is 7.04. The Hall–Kier alpha value is -1.51. The Kier molecular flexibility index (Phi) is 10.1. The maximum Gasteiger partial charge on any atom is 0.277 e. The summed E-state index contributed by atoms with van der Waals surface area (Å²) < 4.78 is 65.4. The lowest BCUT2D eigenvalue weighted by Gasteiger charge is -2.26. The Labute approximate surface area is 210 Å². The number of likely N-dealkylation sites (tertiary alicyclic amines) is 1. The van der Waals surface area contributed by atoms with Crippen LogP contribution >= 0.6 is 21.2 Å². The van der Waals surface area contributed by atoms with E-state index in [4.69, 9.17) is 4.74 Å². The van der Waals surface area contributed by atoms with Crippen LogP contribution in [0.15, 0.2) is 42.5 Å². The highest BCUT2D eigenvalue weighted by atomic mass is 32.2. The molecule has 0 radical (unpaired) electrons. The summed E-state index contributed by atoms with van der Waals surface area (Å²) in [5.74, 6) is -3.92. The van der Waals surface area contributed by atoms with E-state index in [1.807, 2.05) is 6.92 Å². The Morgan fingerprint density at radius 3 is 2.60 bits per heavy atom. The van der Waals surface area contributed by atoms with Crippen molar-refractivity contribution in [2.45, 2.75) is 49.8 Å². The first-order valence-electron chi connectivity index (χ1n) is 11.5. The molecular weight excluding hydrogens is 499 g/mol. The van der Waals surface area contributed by atoms with Crippen LogP contribution in [0.3, 0.4) is 0 Å². The summed E-state index contributed by atoms with van der Waals surface area (Å²) in [4.78, 5) is 11.2. The van der Waals surface area contributed by atoms with Crippen LogP contribution < -0.4 is 4.72 Å². The van der Waals surface area contributed by atoms with Crippen molar-refractivity contribution in [2.24, 2.45) is 0 Å². The number of rotatable bonds is 8. The molecule has 0 aliphatic carbocycles. The Morgan fingerprint density at radius 1 is 1.31 bits per heavy atom. The molecule has 35 heavy (non-hydrogen) atoms. The molecule has 4 nitrogen and oxygen atoms in total. The van der Waals surface area contributed by atoms with Gasteiger partial charge in [-0.1, -0.05) is 64.5 Å². The molecule has 5 atom stereocenters. The van der Waals surface area contributed by atoms with Crippen molar-refractivity contribution in [1.82, 2.24) is 9.62 Å². The van der Waals surface area contributed by atoms with Crippen LogP contribution in [0.5, 0.6) is 0 Å². The van der Waals surface area contributed by atoms with Crippen molar-refractivity contribution >= 4 is 27.5 Å². The number of carbonyl (C=O) groups excluding carboxylic acids is 1. The molecular formula is C25H31F4N2O2PS. The van der Waals surface area contributed by atoms with E-state index in [0.717, 1.165) is 19.3 Å². The van der Waals surface area contributed by atoms with Gasteiger partial charge in [0.2, 0.25) is 0 Å². The quantitative estimate of drug-likeness (QED) is 0.214. The third-order valence-electron chi connectivity index (χ3n) is 6.13. The predicted molar refractivity (Wildman–Crippen MR) is 136 cm³/mol. The number of likely N-dealkylation sites (N-methyl/N-ethyl adjacent to an activating group) is 1. The third-order valence-corrected chi connectivity index (χ3v) is 7.22. The van der Waals surface area contributed by atoms with Crippen LogP contribution in [0.4, 0.5) is 17.6 Å². The van der Waals surface area contributed by atoms with Gasteiger partial charge in [0.15, 0.2) is 0 Å². The van der Waals surface area contributed by atoms with Crippen LogP contribution in [0.2, 0.25) is 0 Å². The molecule has 2 heterocycles. The molecule has 4 rings (SSSR count). The van der Waals surface area contributed by atoms with Gasteiger partial charge in [-0.15, -0.1) is 0 Å². The fourth-order valence-electron chi connectivity index (χ4n) is 4.12. The molecule has 2 saturated heterocycles. The lowest BCUT2D eigenvalue weighted by molar-refractivity contribution is -0.129. The molecule has 0 spiro atoms. The zero-order valence-electron chi connectivity index (χ0n) is 19.7. The van der Waals surface area contributed by atoms with E-state index >= 15 is 4.39 Å². The van der Waals surface area contributed by atoms with Crippen molar-refractivity contribution in [3.63, 3.8) is 0 Å². The van der Waals surface area contributed by atoms with Crippen LogP contribution in [-0.4, -0.2) is 61.2 Å². The van der Waals surface area contributed by atoms with Crippen LogP contribution in [-0.2, 0) is 16.0 Å². The summed E-state index contributed by atoms with van der Waals surface area (Å²) in [5.41, 5.74) is 1.72. The lowest BCUT2D eigenvalue weighted by Crippen LogP contribution is -2.46. The molecule has 0 saturated carbocycles. The number of aldehydes is 1. The Bertz CT molecular complexity index is 994. The van der Waals surface area contributed by atoms with Crippen LogP contribution in [0.1, 0.15) is 30.4 Å². The van der Waals surface area contributed by atoms with E-state index in [9.17, 15) is 18.0 Å². The number of nitrogens with one attached hydrogen (secondary N) is 1. The molecule has 0 amide bonds.